The summed E-state index contributed by atoms with van der Waals surface area (Å²) >= 11 is 0. The Morgan fingerprint density at radius 3 is 2.64 bits per heavy atom. The van der Waals surface area contributed by atoms with Crippen LogP contribution < -0.4 is 11.0 Å². The fourth-order valence-corrected chi connectivity index (χ4v) is 1.39. The molecule has 0 bridgehead atoms. The predicted octanol–water partition coefficient (Wildman–Crippen LogP) is 1.32. The molecule has 1 aromatic heterocycles. The Morgan fingerprint density at radius 1 is 1.41 bits per heavy atom. The van der Waals surface area contributed by atoms with Crippen LogP contribution in [0.3, 0.4) is 0 Å². The number of benzene rings is 1. The molecule has 0 saturated carbocycles. The van der Waals surface area contributed by atoms with E-state index in [0.29, 0.717) is 11.3 Å². The number of aromatic hydroxyl groups is 1. The molecule has 8 nitrogen and oxygen atoms in total. The molecule has 4 N–H and O–H groups in total. The van der Waals surface area contributed by atoms with Crippen molar-refractivity contribution in [3.05, 3.63) is 51.9 Å². The Bertz CT molecular complexity index is 721. The molecule has 0 aliphatic rings. The van der Waals surface area contributed by atoms with Crippen LogP contribution in [0.4, 0.5) is 5.95 Å². The Balaban J connectivity index is 0.000000541. The molecule has 0 aliphatic carbocycles. The monoisotopic (exact) mass is 304 g/mol. The number of hydrogen-bond donors (Lipinski definition) is 4. The van der Waals surface area contributed by atoms with Gasteiger partial charge in [-0.05, 0) is 19.1 Å². The van der Waals surface area contributed by atoms with Crippen molar-refractivity contribution >= 4 is 18.1 Å². The van der Waals surface area contributed by atoms with Gasteiger partial charge in [-0.15, -0.1) is 0 Å². The summed E-state index contributed by atoms with van der Waals surface area (Å²) in [6.07, 6.45) is 1.44. The fourth-order valence-electron chi connectivity index (χ4n) is 1.39. The van der Waals surface area contributed by atoms with Gasteiger partial charge in [0.15, 0.2) is 0 Å². The molecule has 2 rings (SSSR count). The van der Waals surface area contributed by atoms with E-state index in [0.717, 1.165) is 6.92 Å². The summed E-state index contributed by atoms with van der Waals surface area (Å²) in [5.74, 6) is -0.444. The third-order valence-corrected chi connectivity index (χ3v) is 2.18. The highest BCUT2D eigenvalue weighted by molar-refractivity contribution is 5.83. The van der Waals surface area contributed by atoms with E-state index in [1.807, 2.05) is 0 Å². The Morgan fingerprint density at radius 2 is 2.05 bits per heavy atom. The molecule has 22 heavy (non-hydrogen) atoms. The van der Waals surface area contributed by atoms with Gasteiger partial charge >= 0.3 is 0 Å². The van der Waals surface area contributed by atoms with Crippen LogP contribution in [0.15, 0.2) is 40.2 Å². The maximum atomic E-state index is 11.2. The average molecular weight is 304 g/mol. The number of hydrazone groups is 1. The standard InChI is InChI=1S/C12H12N4O2.C2H4O2/c1-8-6-11(18)15-12(14-8)16-13-7-9-4-2-3-5-10(9)17;1-2(3)4/h2-7,17H,1H3,(H2,14,15,16,18);1H3,(H,3,4)/b13-7+;. The number of nitrogens with one attached hydrogen (secondary N) is 2. The zero-order chi connectivity index (χ0) is 16.5. The van der Waals surface area contributed by atoms with Crippen LogP contribution in [-0.2, 0) is 4.79 Å². The van der Waals surface area contributed by atoms with E-state index in [4.69, 9.17) is 9.90 Å². The van der Waals surface area contributed by atoms with Crippen molar-refractivity contribution in [2.45, 2.75) is 13.8 Å². The summed E-state index contributed by atoms with van der Waals surface area (Å²) in [4.78, 5) is 26.7. The van der Waals surface area contributed by atoms with Gasteiger partial charge in [-0.3, -0.25) is 14.6 Å². The molecular formula is C14H16N4O4. The van der Waals surface area contributed by atoms with Crippen molar-refractivity contribution in [1.29, 1.82) is 0 Å². The zero-order valence-corrected chi connectivity index (χ0v) is 12.1. The van der Waals surface area contributed by atoms with Gasteiger partial charge in [0.1, 0.15) is 5.75 Å². The van der Waals surface area contributed by atoms with Gasteiger partial charge in [0.05, 0.1) is 6.21 Å². The highest BCUT2D eigenvalue weighted by Gasteiger charge is 1.97. The molecule has 0 atom stereocenters. The fraction of sp³-hybridized carbons (Fsp3) is 0.143. The lowest BCUT2D eigenvalue weighted by Crippen LogP contribution is -2.10. The van der Waals surface area contributed by atoms with E-state index in [1.54, 1.807) is 31.2 Å². The predicted molar refractivity (Wildman–Crippen MR) is 82.2 cm³/mol. The lowest BCUT2D eigenvalue weighted by atomic mass is 10.2. The van der Waals surface area contributed by atoms with Crippen LogP contribution in [-0.4, -0.2) is 32.4 Å². The molecular weight excluding hydrogens is 288 g/mol. The number of phenols is 1. The second kappa shape index (κ2) is 8.20. The largest absolute Gasteiger partial charge is 0.507 e. The summed E-state index contributed by atoms with van der Waals surface area (Å²) in [5.41, 5.74) is 3.51. The Kier molecular flexibility index (Phi) is 6.30. The molecule has 0 fully saturated rings. The highest BCUT2D eigenvalue weighted by Crippen LogP contribution is 2.12. The number of aromatic nitrogens is 2. The van der Waals surface area contributed by atoms with Gasteiger partial charge in [0.2, 0.25) is 5.95 Å². The molecule has 0 radical (unpaired) electrons. The number of aliphatic carboxylic acids is 1. The number of H-pyrrole nitrogens is 1. The lowest BCUT2D eigenvalue weighted by Gasteiger charge is -2.00. The van der Waals surface area contributed by atoms with Gasteiger partial charge in [-0.25, -0.2) is 10.4 Å². The minimum absolute atomic E-state index is 0.133. The third-order valence-electron chi connectivity index (χ3n) is 2.18. The number of anilines is 1. The number of carboxylic acids is 1. The van der Waals surface area contributed by atoms with Crippen LogP contribution in [0.2, 0.25) is 0 Å². The quantitative estimate of drug-likeness (QED) is 0.500. The number of para-hydroxylation sites is 1. The number of phenolic OH excluding ortho intramolecular Hbond substituents is 1. The Hall–Kier alpha value is -3.16. The molecule has 0 unspecified atom stereocenters. The van der Waals surface area contributed by atoms with E-state index in [9.17, 15) is 9.90 Å². The van der Waals surface area contributed by atoms with Crippen LogP contribution in [0, 0.1) is 6.92 Å². The lowest BCUT2D eigenvalue weighted by molar-refractivity contribution is -0.134. The summed E-state index contributed by atoms with van der Waals surface area (Å²) in [5, 5.41) is 20.8. The minimum Gasteiger partial charge on any atom is -0.507 e. The van der Waals surface area contributed by atoms with Crippen molar-refractivity contribution in [3.63, 3.8) is 0 Å². The molecule has 8 heteroatoms. The maximum absolute atomic E-state index is 11.2. The van der Waals surface area contributed by atoms with Gasteiger partial charge in [-0.2, -0.15) is 5.10 Å². The number of carboxylic acid groups (broad SMARTS) is 1. The third kappa shape index (κ3) is 6.33. The number of hydrogen-bond acceptors (Lipinski definition) is 6. The van der Waals surface area contributed by atoms with E-state index < -0.39 is 5.97 Å². The second-order valence-electron chi connectivity index (χ2n) is 4.18. The van der Waals surface area contributed by atoms with E-state index in [2.05, 4.69) is 20.5 Å². The van der Waals surface area contributed by atoms with Crippen molar-refractivity contribution in [1.82, 2.24) is 9.97 Å². The van der Waals surface area contributed by atoms with Crippen molar-refractivity contribution in [2.75, 3.05) is 5.43 Å². The highest BCUT2D eigenvalue weighted by atomic mass is 16.4. The second-order valence-corrected chi connectivity index (χ2v) is 4.18. The molecule has 116 valence electrons. The normalized spacial score (nSPS) is 9.91. The van der Waals surface area contributed by atoms with Crippen LogP contribution >= 0.6 is 0 Å². The summed E-state index contributed by atoms with van der Waals surface area (Å²) in [7, 11) is 0. The number of aromatic amines is 1. The first kappa shape index (κ1) is 16.9. The van der Waals surface area contributed by atoms with Crippen molar-refractivity contribution < 1.29 is 15.0 Å². The maximum Gasteiger partial charge on any atom is 0.300 e. The van der Waals surface area contributed by atoms with Crippen LogP contribution in [0.25, 0.3) is 0 Å². The summed E-state index contributed by atoms with van der Waals surface area (Å²) in [6.45, 7) is 2.80. The summed E-state index contributed by atoms with van der Waals surface area (Å²) in [6, 6.07) is 8.17. The average Bonchev–Trinajstić information content (AvgIpc) is 2.39. The number of nitrogens with zero attached hydrogens (tertiary/aromatic N) is 2. The van der Waals surface area contributed by atoms with E-state index in [-0.39, 0.29) is 17.3 Å². The van der Waals surface area contributed by atoms with E-state index >= 15 is 0 Å². The molecule has 0 amide bonds. The number of carbonyl (C=O) groups is 1. The first-order chi connectivity index (χ1) is 10.4. The zero-order valence-electron chi connectivity index (χ0n) is 12.1. The topological polar surface area (TPSA) is 128 Å². The first-order valence-corrected chi connectivity index (χ1v) is 6.23. The number of aryl methyl sites for hydroxylation is 1. The molecule has 0 saturated heterocycles. The van der Waals surface area contributed by atoms with Crippen LogP contribution in [0.5, 0.6) is 5.75 Å². The van der Waals surface area contributed by atoms with Gasteiger partial charge in [0.25, 0.3) is 11.5 Å². The SMILES string of the molecule is CC(=O)O.Cc1cc(=O)[nH]c(N/N=C/c2ccccc2O)n1. The smallest absolute Gasteiger partial charge is 0.300 e. The Labute approximate surface area is 126 Å². The van der Waals surface area contributed by atoms with Gasteiger partial charge in [0, 0.05) is 24.2 Å². The van der Waals surface area contributed by atoms with Gasteiger partial charge < -0.3 is 10.2 Å². The summed E-state index contributed by atoms with van der Waals surface area (Å²) < 4.78 is 0. The minimum atomic E-state index is -0.833. The van der Waals surface area contributed by atoms with Crippen LogP contribution in [0.1, 0.15) is 18.2 Å². The molecule has 1 heterocycles. The first-order valence-electron chi connectivity index (χ1n) is 6.23. The number of rotatable bonds is 3. The molecule has 0 spiro atoms. The molecule has 1 aromatic carbocycles. The van der Waals surface area contributed by atoms with Crippen molar-refractivity contribution in [3.8, 4) is 5.75 Å². The molecule has 0 aliphatic heterocycles. The van der Waals surface area contributed by atoms with E-state index in [1.165, 1.54) is 12.3 Å². The molecule has 2 aromatic rings. The van der Waals surface area contributed by atoms with Gasteiger partial charge in [-0.1, -0.05) is 12.1 Å². The van der Waals surface area contributed by atoms with Crippen molar-refractivity contribution in [2.24, 2.45) is 5.10 Å².